The van der Waals surface area contributed by atoms with Gasteiger partial charge in [0.05, 0.1) is 6.61 Å². The lowest BCUT2D eigenvalue weighted by molar-refractivity contribution is 0.101. The van der Waals surface area contributed by atoms with Gasteiger partial charge in [-0.15, -0.1) is 0 Å². The van der Waals surface area contributed by atoms with E-state index >= 15 is 0 Å². The van der Waals surface area contributed by atoms with Crippen LogP contribution in [0, 0.1) is 0 Å². The van der Waals surface area contributed by atoms with Gasteiger partial charge in [0.15, 0.2) is 0 Å². The Kier molecular flexibility index (Phi) is 6.29. The molecule has 3 N–H and O–H groups in total. The van der Waals surface area contributed by atoms with E-state index < -0.39 is 6.10 Å². The molecule has 5 heteroatoms. The van der Waals surface area contributed by atoms with Gasteiger partial charge in [-0.05, 0) is 31.2 Å². The Morgan fingerprint density at radius 2 is 2.00 bits per heavy atom. The largest absolute Gasteiger partial charge is 0.491 e. The second-order valence-corrected chi connectivity index (χ2v) is 4.35. The highest BCUT2D eigenvalue weighted by molar-refractivity contribution is 6.30. The number of hydrogen-bond acceptors (Lipinski definition) is 4. The van der Waals surface area contributed by atoms with E-state index in [0.717, 1.165) is 0 Å². The maximum Gasteiger partial charge on any atom is 0.119 e. The highest BCUT2D eigenvalue weighted by Crippen LogP contribution is 2.15. The van der Waals surface area contributed by atoms with Crippen LogP contribution in [0.25, 0.3) is 0 Å². The van der Waals surface area contributed by atoms with Crippen molar-refractivity contribution in [2.24, 2.45) is 0 Å². The number of aliphatic hydroxyl groups is 2. The molecule has 0 aliphatic heterocycles. The number of nitrogens with one attached hydrogen (secondary N) is 1. The fourth-order valence-electron chi connectivity index (χ4n) is 1.18. The van der Waals surface area contributed by atoms with Crippen molar-refractivity contribution in [3.05, 3.63) is 29.3 Å². The number of rotatable bonds is 7. The van der Waals surface area contributed by atoms with Gasteiger partial charge in [-0.25, -0.2) is 0 Å². The van der Waals surface area contributed by atoms with Gasteiger partial charge in [-0.1, -0.05) is 11.6 Å². The summed E-state index contributed by atoms with van der Waals surface area (Å²) in [5, 5.41) is 22.0. The smallest absolute Gasteiger partial charge is 0.119 e. The van der Waals surface area contributed by atoms with Crippen LogP contribution in [0.1, 0.15) is 6.92 Å². The summed E-state index contributed by atoms with van der Waals surface area (Å²) in [6.45, 7) is 2.47. The standard InChI is InChI=1S/C12H18ClNO3/c1-9(7-15)14-6-11(16)8-17-12-4-2-10(13)3-5-12/h2-5,9,11,14-16H,6-8H2,1H3. The minimum Gasteiger partial charge on any atom is -0.491 e. The van der Waals surface area contributed by atoms with Gasteiger partial charge in [0.2, 0.25) is 0 Å². The van der Waals surface area contributed by atoms with Crippen molar-refractivity contribution >= 4 is 11.6 Å². The quantitative estimate of drug-likeness (QED) is 0.685. The number of hydrogen-bond donors (Lipinski definition) is 3. The Morgan fingerprint density at radius 3 is 2.59 bits per heavy atom. The van der Waals surface area contributed by atoms with Crippen LogP contribution in [0.15, 0.2) is 24.3 Å². The van der Waals surface area contributed by atoms with E-state index in [2.05, 4.69) is 5.32 Å². The van der Waals surface area contributed by atoms with Crippen molar-refractivity contribution in [2.75, 3.05) is 19.8 Å². The second kappa shape index (κ2) is 7.50. The van der Waals surface area contributed by atoms with E-state index in [-0.39, 0.29) is 19.3 Å². The summed E-state index contributed by atoms with van der Waals surface area (Å²) >= 11 is 5.74. The predicted molar refractivity (Wildman–Crippen MR) is 67.5 cm³/mol. The Hall–Kier alpha value is -0.810. The first-order chi connectivity index (χ1) is 8.11. The highest BCUT2D eigenvalue weighted by Gasteiger charge is 2.07. The van der Waals surface area contributed by atoms with E-state index in [1.165, 1.54) is 0 Å². The molecule has 0 aliphatic rings. The van der Waals surface area contributed by atoms with Crippen molar-refractivity contribution in [3.8, 4) is 5.75 Å². The van der Waals surface area contributed by atoms with Crippen LogP contribution in [-0.2, 0) is 0 Å². The molecule has 0 saturated carbocycles. The number of halogens is 1. The average molecular weight is 260 g/mol. The minimum atomic E-state index is -0.611. The summed E-state index contributed by atoms with van der Waals surface area (Å²) in [6, 6.07) is 6.93. The van der Waals surface area contributed by atoms with Gasteiger partial charge in [-0.2, -0.15) is 0 Å². The van der Waals surface area contributed by atoms with Crippen LogP contribution in [0.3, 0.4) is 0 Å². The summed E-state index contributed by atoms with van der Waals surface area (Å²) < 4.78 is 5.38. The fourth-order valence-corrected chi connectivity index (χ4v) is 1.31. The SMILES string of the molecule is CC(CO)NCC(O)COc1ccc(Cl)cc1. The lowest BCUT2D eigenvalue weighted by Gasteiger charge is -2.16. The van der Waals surface area contributed by atoms with Gasteiger partial charge < -0.3 is 20.3 Å². The van der Waals surface area contributed by atoms with Crippen LogP contribution in [0.4, 0.5) is 0 Å². The monoisotopic (exact) mass is 259 g/mol. The number of benzene rings is 1. The molecule has 1 aromatic rings. The van der Waals surface area contributed by atoms with Gasteiger partial charge in [0.1, 0.15) is 18.5 Å². The molecule has 0 fully saturated rings. The summed E-state index contributed by atoms with van der Waals surface area (Å²) in [6.07, 6.45) is -0.611. The molecule has 0 saturated heterocycles. The van der Waals surface area contributed by atoms with E-state index in [1.807, 2.05) is 6.92 Å². The molecule has 17 heavy (non-hydrogen) atoms. The maximum absolute atomic E-state index is 9.61. The van der Waals surface area contributed by atoms with E-state index in [9.17, 15) is 5.11 Å². The third-order valence-corrected chi connectivity index (χ3v) is 2.48. The van der Waals surface area contributed by atoms with Gasteiger partial charge in [0, 0.05) is 17.6 Å². The molecule has 2 atom stereocenters. The minimum absolute atomic E-state index is 0.0276. The number of ether oxygens (including phenoxy) is 1. The Labute approximate surface area is 106 Å². The molecule has 4 nitrogen and oxygen atoms in total. The number of aliphatic hydroxyl groups excluding tert-OH is 2. The topological polar surface area (TPSA) is 61.7 Å². The summed E-state index contributed by atoms with van der Waals surface area (Å²) in [5.41, 5.74) is 0. The predicted octanol–water partition coefficient (Wildman–Crippen LogP) is 1.05. The Morgan fingerprint density at radius 1 is 1.35 bits per heavy atom. The molecular formula is C12H18ClNO3. The Balaban J connectivity index is 2.23. The molecule has 0 heterocycles. The van der Waals surface area contributed by atoms with Crippen LogP contribution < -0.4 is 10.1 Å². The molecule has 0 bridgehead atoms. The van der Waals surface area contributed by atoms with Crippen molar-refractivity contribution in [3.63, 3.8) is 0 Å². The zero-order valence-corrected chi connectivity index (χ0v) is 10.5. The van der Waals surface area contributed by atoms with E-state index in [4.69, 9.17) is 21.4 Å². The lowest BCUT2D eigenvalue weighted by Crippen LogP contribution is -2.38. The molecule has 0 aromatic heterocycles. The first-order valence-corrected chi connectivity index (χ1v) is 5.90. The average Bonchev–Trinajstić information content (AvgIpc) is 2.35. The zero-order valence-electron chi connectivity index (χ0n) is 9.77. The van der Waals surface area contributed by atoms with E-state index in [0.29, 0.717) is 17.3 Å². The van der Waals surface area contributed by atoms with Crippen LogP contribution in [0.2, 0.25) is 5.02 Å². The van der Waals surface area contributed by atoms with Crippen LogP contribution in [0.5, 0.6) is 5.75 Å². The second-order valence-electron chi connectivity index (χ2n) is 3.91. The first-order valence-electron chi connectivity index (χ1n) is 5.52. The molecular weight excluding hydrogens is 242 g/mol. The molecule has 96 valence electrons. The van der Waals surface area contributed by atoms with Gasteiger partial charge >= 0.3 is 0 Å². The van der Waals surface area contributed by atoms with Gasteiger partial charge in [-0.3, -0.25) is 0 Å². The molecule has 0 radical (unpaired) electrons. The third kappa shape index (κ3) is 5.89. The van der Waals surface area contributed by atoms with Crippen molar-refractivity contribution in [1.82, 2.24) is 5.32 Å². The summed E-state index contributed by atoms with van der Waals surface area (Å²) in [7, 11) is 0. The normalized spacial score (nSPS) is 14.4. The van der Waals surface area contributed by atoms with Crippen molar-refractivity contribution in [2.45, 2.75) is 19.1 Å². The van der Waals surface area contributed by atoms with E-state index in [1.54, 1.807) is 24.3 Å². The molecule has 1 aromatic carbocycles. The summed E-state index contributed by atoms with van der Waals surface area (Å²) in [5.74, 6) is 0.670. The van der Waals surface area contributed by atoms with Crippen molar-refractivity contribution < 1.29 is 14.9 Å². The summed E-state index contributed by atoms with van der Waals surface area (Å²) in [4.78, 5) is 0. The Bertz CT molecular complexity index is 318. The lowest BCUT2D eigenvalue weighted by atomic mass is 10.3. The fraction of sp³-hybridized carbons (Fsp3) is 0.500. The maximum atomic E-state index is 9.61. The third-order valence-electron chi connectivity index (χ3n) is 2.23. The van der Waals surface area contributed by atoms with Crippen molar-refractivity contribution in [1.29, 1.82) is 0 Å². The molecule has 0 amide bonds. The van der Waals surface area contributed by atoms with Crippen LogP contribution >= 0.6 is 11.6 Å². The molecule has 0 aliphatic carbocycles. The highest BCUT2D eigenvalue weighted by atomic mass is 35.5. The molecule has 1 rings (SSSR count). The first kappa shape index (κ1) is 14.3. The van der Waals surface area contributed by atoms with Gasteiger partial charge in [0.25, 0.3) is 0 Å². The molecule has 0 spiro atoms. The zero-order chi connectivity index (χ0) is 12.7. The molecule has 2 unspecified atom stereocenters. The van der Waals surface area contributed by atoms with Crippen LogP contribution in [-0.4, -0.2) is 42.1 Å².